The van der Waals surface area contributed by atoms with E-state index < -0.39 is 0 Å². The first-order chi connectivity index (χ1) is 10.1. The highest BCUT2D eigenvalue weighted by Crippen LogP contribution is 2.24. The van der Waals surface area contributed by atoms with E-state index in [1.807, 2.05) is 49.4 Å². The Kier molecular flexibility index (Phi) is 5.71. The van der Waals surface area contributed by atoms with Crippen LogP contribution in [0.5, 0.6) is 5.75 Å². The molecule has 0 aliphatic carbocycles. The van der Waals surface area contributed by atoms with Crippen LogP contribution in [0.1, 0.15) is 21.5 Å². The maximum Gasteiger partial charge on any atom is 0.176 e. The van der Waals surface area contributed by atoms with Crippen LogP contribution in [0.25, 0.3) is 0 Å². The van der Waals surface area contributed by atoms with E-state index in [9.17, 15) is 4.79 Å². The van der Waals surface area contributed by atoms with E-state index in [1.165, 1.54) is 0 Å². The molecule has 0 heterocycles. The molecule has 0 spiro atoms. The highest BCUT2D eigenvalue weighted by Gasteiger charge is 2.12. The number of hydrogen-bond donors (Lipinski definition) is 0. The van der Waals surface area contributed by atoms with Crippen molar-refractivity contribution in [3.05, 3.63) is 64.2 Å². The van der Waals surface area contributed by atoms with Gasteiger partial charge in [-0.3, -0.25) is 4.79 Å². The number of rotatable bonds is 6. The maximum absolute atomic E-state index is 12.3. The molecule has 2 rings (SSSR count). The first kappa shape index (κ1) is 15.9. The third-order valence-electron chi connectivity index (χ3n) is 3.11. The number of hydrogen-bond acceptors (Lipinski definition) is 3. The summed E-state index contributed by atoms with van der Waals surface area (Å²) in [5, 5.41) is 0.741. The minimum Gasteiger partial charge on any atom is -0.496 e. The van der Waals surface area contributed by atoms with Gasteiger partial charge in [0, 0.05) is 10.8 Å². The quantitative estimate of drug-likeness (QED) is 0.717. The number of thioether (sulfide) groups is 1. The van der Waals surface area contributed by atoms with Gasteiger partial charge >= 0.3 is 0 Å². The zero-order valence-electron chi connectivity index (χ0n) is 12.1. The minimum absolute atomic E-state index is 0.0731. The average Bonchev–Trinajstić information content (AvgIpc) is 2.48. The molecule has 2 aromatic rings. The molecule has 0 bridgehead atoms. The predicted molar refractivity (Wildman–Crippen MR) is 89.7 cm³/mol. The zero-order valence-corrected chi connectivity index (χ0v) is 13.6. The number of Topliss-reactive ketones (excluding diaryl/α,β-unsaturated/α-hetero) is 1. The van der Waals surface area contributed by atoms with Gasteiger partial charge in [0.05, 0.1) is 18.4 Å². The number of benzene rings is 2. The summed E-state index contributed by atoms with van der Waals surface area (Å²) in [5.41, 5.74) is 2.76. The van der Waals surface area contributed by atoms with Gasteiger partial charge in [-0.1, -0.05) is 35.9 Å². The molecule has 0 atom stereocenters. The van der Waals surface area contributed by atoms with E-state index in [1.54, 1.807) is 18.9 Å². The Morgan fingerprint density at radius 1 is 1.24 bits per heavy atom. The summed E-state index contributed by atoms with van der Waals surface area (Å²) in [6.45, 7) is 1.98. The van der Waals surface area contributed by atoms with Gasteiger partial charge in [-0.15, -0.1) is 11.8 Å². The van der Waals surface area contributed by atoms with Crippen molar-refractivity contribution in [2.24, 2.45) is 0 Å². The number of aryl methyl sites for hydroxylation is 1. The molecule has 0 saturated heterocycles. The molecule has 2 nitrogen and oxygen atoms in total. The molecular formula is C17H17ClO2S. The van der Waals surface area contributed by atoms with Crippen LogP contribution in [0.4, 0.5) is 0 Å². The monoisotopic (exact) mass is 320 g/mol. The van der Waals surface area contributed by atoms with Gasteiger partial charge in [0.25, 0.3) is 0 Å². The van der Waals surface area contributed by atoms with E-state index in [0.717, 1.165) is 21.9 Å². The molecular weight excluding hydrogens is 304 g/mol. The lowest BCUT2D eigenvalue weighted by atomic mass is 10.1. The van der Waals surface area contributed by atoms with Crippen molar-refractivity contribution in [2.45, 2.75) is 12.7 Å². The van der Waals surface area contributed by atoms with Crippen molar-refractivity contribution >= 4 is 29.1 Å². The number of ether oxygens (including phenoxy) is 1. The van der Waals surface area contributed by atoms with Gasteiger partial charge in [-0.2, -0.15) is 0 Å². The summed E-state index contributed by atoms with van der Waals surface area (Å²) in [7, 11) is 1.59. The number of halogens is 1. The lowest BCUT2D eigenvalue weighted by molar-refractivity contribution is 0.101. The van der Waals surface area contributed by atoms with Crippen LogP contribution in [0.3, 0.4) is 0 Å². The first-order valence-corrected chi connectivity index (χ1v) is 8.14. The second-order valence-corrected chi connectivity index (χ2v) is 6.10. The normalized spacial score (nSPS) is 10.4. The van der Waals surface area contributed by atoms with Crippen LogP contribution in [-0.4, -0.2) is 18.6 Å². The van der Waals surface area contributed by atoms with E-state index in [-0.39, 0.29) is 5.78 Å². The fourth-order valence-corrected chi connectivity index (χ4v) is 3.17. The molecule has 0 N–H and O–H groups in total. The fourth-order valence-electron chi connectivity index (χ4n) is 1.98. The van der Waals surface area contributed by atoms with Gasteiger partial charge in [0.15, 0.2) is 5.78 Å². The lowest BCUT2D eigenvalue weighted by Crippen LogP contribution is -2.05. The van der Waals surface area contributed by atoms with Gasteiger partial charge in [0.2, 0.25) is 0 Å². The summed E-state index contributed by atoms with van der Waals surface area (Å²) in [6, 6.07) is 13.3. The third kappa shape index (κ3) is 4.26. The number of ketones is 1. The van der Waals surface area contributed by atoms with Crippen molar-refractivity contribution in [1.29, 1.82) is 0 Å². The number of carbonyl (C=O) groups is 1. The maximum atomic E-state index is 12.3. The molecule has 0 unspecified atom stereocenters. The smallest absolute Gasteiger partial charge is 0.176 e. The highest BCUT2D eigenvalue weighted by atomic mass is 35.5. The average molecular weight is 321 g/mol. The zero-order chi connectivity index (χ0) is 15.2. The highest BCUT2D eigenvalue weighted by molar-refractivity contribution is 7.99. The molecule has 0 fully saturated rings. The van der Waals surface area contributed by atoms with Crippen molar-refractivity contribution in [2.75, 3.05) is 12.9 Å². The van der Waals surface area contributed by atoms with Gasteiger partial charge in [-0.25, -0.2) is 0 Å². The lowest BCUT2D eigenvalue weighted by Gasteiger charge is -2.09. The summed E-state index contributed by atoms with van der Waals surface area (Å²) in [6.07, 6.45) is 0. The van der Waals surface area contributed by atoms with Crippen molar-refractivity contribution in [3.8, 4) is 5.75 Å². The molecule has 0 saturated carbocycles. The predicted octanol–water partition coefficient (Wildman–Crippen LogP) is 4.77. The topological polar surface area (TPSA) is 26.3 Å². The molecule has 0 aromatic heterocycles. The van der Waals surface area contributed by atoms with Gasteiger partial charge in [-0.05, 0) is 36.2 Å². The molecule has 0 amide bonds. The molecule has 4 heteroatoms. The van der Waals surface area contributed by atoms with Crippen LogP contribution in [-0.2, 0) is 5.75 Å². The molecule has 0 radical (unpaired) electrons. The van der Waals surface area contributed by atoms with E-state index in [2.05, 4.69) is 0 Å². The Balaban J connectivity index is 1.98. The van der Waals surface area contributed by atoms with Crippen LogP contribution < -0.4 is 4.74 Å². The van der Waals surface area contributed by atoms with E-state index >= 15 is 0 Å². The number of carbonyl (C=O) groups excluding carboxylic acids is 1. The Bertz CT molecular complexity index is 640. The minimum atomic E-state index is 0.0731. The van der Waals surface area contributed by atoms with Crippen molar-refractivity contribution in [1.82, 2.24) is 0 Å². The van der Waals surface area contributed by atoms with Crippen LogP contribution >= 0.6 is 23.4 Å². The summed E-state index contributed by atoms with van der Waals surface area (Å²) in [5.74, 6) is 1.84. The molecule has 110 valence electrons. The largest absolute Gasteiger partial charge is 0.496 e. The molecule has 0 aliphatic rings. The van der Waals surface area contributed by atoms with Crippen LogP contribution in [0.2, 0.25) is 5.02 Å². The number of methoxy groups -OCH3 is 1. The van der Waals surface area contributed by atoms with Crippen molar-refractivity contribution < 1.29 is 9.53 Å². The Morgan fingerprint density at radius 2 is 2.00 bits per heavy atom. The first-order valence-electron chi connectivity index (χ1n) is 6.61. The Morgan fingerprint density at radius 3 is 2.71 bits per heavy atom. The van der Waals surface area contributed by atoms with E-state index in [0.29, 0.717) is 17.1 Å². The summed E-state index contributed by atoms with van der Waals surface area (Å²) in [4.78, 5) is 12.3. The van der Waals surface area contributed by atoms with Crippen LogP contribution in [0, 0.1) is 6.92 Å². The third-order valence-corrected chi connectivity index (χ3v) is 4.46. The van der Waals surface area contributed by atoms with Crippen molar-refractivity contribution in [3.63, 3.8) is 0 Å². The van der Waals surface area contributed by atoms with Gasteiger partial charge in [0.1, 0.15) is 5.75 Å². The fraction of sp³-hybridized carbons (Fsp3) is 0.235. The second kappa shape index (κ2) is 7.53. The molecule has 0 aliphatic heterocycles. The molecule has 2 aromatic carbocycles. The van der Waals surface area contributed by atoms with E-state index in [4.69, 9.17) is 16.3 Å². The van der Waals surface area contributed by atoms with Gasteiger partial charge < -0.3 is 4.74 Å². The second-order valence-electron chi connectivity index (χ2n) is 4.71. The van der Waals surface area contributed by atoms with Crippen LogP contribution in [0.15, 0.2) is 42.5 Å². The standard InChI is InChI=1S/C17H17ClO2S/c1-12-7-8-14(17(9-12)20-2)16(19)11-21-10-13-5-3-4-6-15(13)18/h3-9H,10-11H2,1-2H3. The SMILES string of the molecule is COc1cc(C)ccc1C(=O)CSCc1ccccc1Cl. The summed E-state index contributed by atoms with van der Waals surface area (Å²) >= 11 is 7.66. The summed E-state index contributed by atoms with van der Waals surface area (Å²) < 4.78 is 5.28. The molecule has 21 heavy (non-hydrogen) atoms. The Labute approximate surface area is 134 Å². The Hall–Kier alpha value is -1.45.